The molecule has 1 N–H and O–H groups in total. The van der Waals surface area contributed by atoms with Crippen molar-refractivity contribution in [2.75, 3.05) is 0 Å². The van der Waals surface area contributed by atoms with Gasteiger partial charge in [-0.05, 0) is 45.1 Å². The highest BCUT2D eigenvalue weighted by Gasteiger charge is 2.17. The number of H-pyrrole nitrogens is 1. The van der Waals surface area contributed by atoms with Crippen LogP contribution < -0.4 is 0 Å². The molecule has 3 heterocycles. The Balaban J connectivity index is 2.05. The molecule has 1 unspecified atom stereocenters. The molecule has 0 aromatic carbocycles. The van der Waals surface area contributed by atoms with Crippen molar-refractivity contribution in [3.8, 4) is 0 Å². The van der Waals surface area contributed by atoms with Crippen molar-refractivity contribution in [3.05, 3.63) is 32.4 Å². The number of hydrogen-bond acceptors (Lipinski definition) is 3. The Morgan fingerprint density at radius 3 is 2.80 bits per heavy atom. The maximum absolute atomic E-state index is 5.49. The van der Waals surface area contributed by atoms with E-state index in [0.29, 0.717) is 6.04 Å². The van der Waals surface area contributed by atoms with Crippen LogP contribution >= 0.6 is 23.6 Å². The predicted octanol–water partition coefficient (Wildman–Crippen LogP) is 3.91. The van der Waals surface area contributed by atoms with Gasteiger partial charge in [-0.1, -0.05) is 0 Å². The summed E-state index contributed by atoms with van der Waals surface area (Å²) >= 11 is 7.35. The highest BCUT2D eigenvalue weighted by Crippen LogP contribution is 2.26. The van der Waals surface area contributed by atoms with E-state index in [0.717, 1.165) is 28.0 Å². The van der Waals surface area contributed by atoms with Crippen molar-refractivity contribution in [3.63, 3.8) is 0 Å². The fourth-order valence-electron chi connectivity index (χ4n) is 2.72. The van der Waals surface area contributed by atoms with Crippen LogP contribution in [-0.4, -0.2) is 19.3 Å². The van der Waals surface area contributed by atoms with E-state index >= 15 is 0 Å². The Bertz CT molecular complexity index is 818. The van der Waals surface area contributed by atoms with Crippen molar-refractivity contribution in [1.29, 1.82) is 0 Å². The molecular weight excluding hydrogens is 288 g/mol. The van der Waals surface area contributed by atoms with Crippen LogP contribution in [0.4, 0.5) is 0 Å². The van der Waals surface area contributed by atoms with Gasteiger partial charge in [-0.25, -0.2) is 0 Å². The molecule has 3 aromatic rings. The summed E-state index contributed by atoms with van der Waals surface area (Å²) in [6.07, 6.45) is 0.990. The van der Waals surface area contributed by atoms with E-state index in [1.54, 1.807) is 0 Å². The summed E-state index contributed by atoms with van der Waals surface area (Å²) in [6, 6.07) is 4.69. The number of nitrogens with zero attached hydrogens (tertiary/aromatic N) is 3. The fourth-order valence-corrected chi connectivity index (χ4v) is 4.10. The Morgan fingerprint density at radius 2 is 2.15 bits per heavy atom. The molecule has 3 aromatic heterocycles. The van der Waals surface area contributed by atoms with Crippen LogP contribution in [0.3, 0.4) is 0 Å². The quantitative estimate of drug-likeness (QED) is 0.745. The number of thiophene rings is 1. The largest absolute Gasteiger partial charge is 0.328 e. The molecule has 0 fully saturated rings. The van der Waals surface area contributed by atoms with E-state index in [1.807, 2.05) is 30.0 Å². The molecule has 4 nitrogen and oxygen atoms in total. The summed E-state index contributed by atoms with van der Waals surface area (Å²) in [5.41, 5.74) is 3.12. The number of hydrogen-bond donors (Lipinski definition) is 1. The molecule has 0 saturated carbocycles. The van der Waals surface area contributed by atoms with E-state index < -0.39 is 0 Å². The monoisotopic (exact) mass is 306 g/mol. The molecule has 0 aliphatic carbocycles. The van der Waals surface area contributed by atoms with Gasteiger partial charge in [-0.3, -0.25) is 9.25 Å². The van der Waals surface area contributed by atoms with Crippen LogP contribution in [0.15, 0.2) is 12.1 Å². The van der Waals surface area contributed by atoms with Crippen LogP contribution in [0.2, 0.25) is 0 Å². The van der Waals surface area contributed by atoms with Gasteiger partial charge < -0.3 is 4.98 Å². The number of imidazole rings is 1. The average molecular weight is 306 g/mol. The standard InChI is InChI=1S/C14H18N4S2/c1-8(7-11-6-5-9(2)20-11)18-13-12(15-14(18)19)10(3)16-17(13)4/h5-6,8H,7H2,1-4H3,(H,15,19). The third kappa shape index (κ3) is 2.13. The van der Waals surface area contributed by atoms with Gasteiger partial charge in [0.15, 0.2) is 10.4 Å². The number of aryl methyl sites for hydroxylation is 3. The highest BCUT2D eigenvalue weighted by molar-refractivity contribution is 7.71. The Kier molecular flexibility index (Phi) is 3.30. The molecule has 0 aliphatic rings. The molecule has 0 saturated heterocycles. The molecule has 3 rings (SSSR count). The number of rotatable bonds is 3. The van der Waals surface area contributed by atoms with Crippen LogP contribution in [0.5, 0.6) is 0 Å². The first kappa shape index (κ1) is 13.6. The first-order valence-corrected chi connectivity index (χ1v) is 7.89. The first-order chi connectivity index (χ1) is 9.47. The normalized spacial score (nSPS) is 13.2. The maximum atomic E-state index is 5.49. The van der Waals surface area contributed by atoms with Gasteiger partial charge in [0.2, 0.25) is 0 Å². The number of nitrogens with one attached hydrogen (secondary N) is 1. The third-order valence-electron chi connectivity index (χ3n) is 3.60. The number of aromatic amines is 1. The zero-order chi connectivity index (χ0) is 14.4. The molecule has 0 bridgehead atoms. The lowest BCUT2D eigenvalue weighted by molar-refractivity contribution is 0.542. The molecule has 106 valence electrons. The van der Waals surface area contributed by atoms with Crippen molar-refractivity contribution in [2.24, 2.45) is 7.05 Å². The topological polar surface area (TPSA) is 38.5 Å². The second-order valence-corrected chi connectivity index (χ2v) is 7.03. The molecule has 0 amide bonds. The SMILES string of the molecule is Cc1ccc(CC(C)n2c(=S)[nH]c3c(C)nn(C)c32)s1. The molecule has 20 heavy (non-hydrogen) atoms. The summed E-state index contributed by atoms with van der Waals surface area (Å²) in [6.45, 7) is 6.36. The van der Waals surface area contributed by atoms with Crippen LogP contribution in [0, 0.1) is 18.6 Å². The second kappa shape index (κ2) is 4.86. The van der Waals surface area contributed by atoms with Gasteiger partial charge in [0.05, 0.1) is 5.69 Å². The highest BCUT2D eigenvalue weighted by atomic mass is 32.1. The summed E-state index contributed by atoms with van der Waals surface area (Å²) in [4.78, 5) is 6.03. The Morgan fingerprint density at radius 1 is 1.40 bits per heavy atom. The minimum atomic E-state index is 0.309. The Hall–Kier alpha value is -1.40. The smallest absolute Gasteiger partial charge is 0.179 e. The van der Waals surface area contributed by atoms with Gasteiger partial charge >= 0.3 is 0 Å². The molecular formula is C14H18N4S2. The predicted molar refractivity (Wildman–Crippen MR) is 86.1 cm³/mol. The Labute approximate surface area is 127 Å². The fraction of sp³-hybridized carbons (Fsp3) is 0.429. The van der Waals surface area contributed by atoms with Crippen molar-refractivity contribution in [2.45, 2.75) is 33.2 Å². The van der Waals surface area contributed by atoms with Gasteiger partial charge in [-0.15, -0.1) is 11.3 Å². The van der Waals surface area contributed by atoms with Crippen LogP contribution in [0.25, 0.3) is 11.2 Å². The minimum Gasteiger partial charge on any atom is -0.328 e. The number of aromatic nitrogens is 4. The van der Waals surface area contributed by atoms with Gasteiger partial charge in [0.1, 0.15) is 5.52 Å². The van der Waals surface area contributed by atoms with Gasteiger partial charge in [0, 0.05) is 29.3 Å². The minimum absolute atomic E-state index is 0.309. The first-order valence-electron chi connectivity index (χ1n) is 6.66. The molecule has 0 aliphatic heterocycles. The number of fused-ring (bicyclic) bond motifs is 1. The van der Waals surface area contributed by atoms with Crippen LogP contribution in [-0.2, 0) is 13.5 Å². The molecule has 0 radical (unpaired) electrons. The van der Waals surface area contributed by atoms with Crippen molar-refractivity contribution in [1.82, 2.24) is 19.3 Å². The molecule has 6 heteroatoms. The zero-order valence-corrected chi connectivity index (χ0v) is 13.7. The van der Waals surface area contributed by atoms with Crippen LogP contribution in [0.1, 0.15) is 28.4 Å². The lowest BCUT2D eigenvalue weighted by Crippen LogP contribution is -2.10. The van der Waals surface area contributed by atoms with E-state index in [1.165, 1.54) is 9.75 Å². The molecule has 1 atom stereocenters. The van der Waals surface area contributed by atoms with Gasteiger partial charge in [-0.2, -0.15) is 5.10 Å². The summed E-state index contributed by atoms with van der Waals surface area (Å²) in [7, 11) is 1.97. The lowest BCUT2D eigenvalue weighted by atomic mass is 10.2. The average Bonchev–Trinajstić information content (AvgIpc) is 2.98. The second-order valence-electron chi connectivity index (χ2n) is 5.27. The summed E-state index contributed by atoms with van der Waals surface area (Å²) in [5, 5.41) is 4.47. The third-order valence-corrected chi connectivity index (χ3v) is 4.93. The lowest BCUT2D eigenvalue weighted by Gasteiger charge is -2.13. The zero-order valence-electron chi connectivity index (χ0n) is 12.1. The molecule has 0 spiro atoms. The van der Waals surface area contributed by atoms with E-state index in [9.17, 15) is 0 Å². The summed E-state index contributed by atoms with van der Waals surface area (Å²) in [5.74, 6) is 0. The maximum Gasteiger partial charge on any atom is 0.179 e. The van der Waals surface area contributed by atoms with E-state index in [2.05, 4.69) is 40.6 Å². The van der Waals surface area contributed by atoms with E-state index in [-0.39, 0.29) is 0 Å². The van der Waals surface area contributed by atoms with Crippen molar-refractivity contribution >= 4 is 34.7 Å². The summed E-state index contributed by atoms with van der Waals surface area (Å²) < 4.78 is 4.87. The van der Waals surface area contributed by atoms with Gasteiger partial charge in [0.25, 0.3) is 0 Å². The van der Waals surface area contributed by atoms with Crippen molar-refractivity contribution < 1.29 is 0 Å². The van der Waals surface area contributed by atoms with E-state index in [4.69, 9.17) is 12.2 Å².